The first-order valence-corrected chi connectivity index (χ1v) is 10.7. The number of H-pyrrole nitrogens is 1. The molecule has 0 fully saturated rings. The van der Waals surface area contributed by atoms with Crippen LogP contribution in [-0.4, -0.2) is 13.4 Å². The second kappa shape index (κ2) is 7.43. The molecular formula is C22H19ClN2O2S. The summed E-state index contributed by atoms with van der Waals surface area (Å²) in [4.78, 5) is 3.43. The van der Waals surface area contributed by atoms with Crippen molar-refractivity contribution in [2.24, 2.45) is 0 Å². The van der Waals surface area contributed by atoms with Gasteiger partial charge in [0, 0.05) is 22.1 Å². The van der Waals surface area contributed by atoms with E-state index in [0.29, 0.717) is 10.6 Å². The van der Waals surface area contributed by atoms with Gasteiger partial charge in [0.25, 0.3) is 0 Å². The summed E-state index contributed by atoms with van der Waals surface area (Å²) in [7, 11) is -3.76. The van der Waals surface area contributed by atoms with Crippen LogP contribution in [0.1, 0.15) is 22.7 Å². The van der Waals surface area contributed by atoms with Crippen molar-refractivity contribution in [1.29, 1.82) is 0 Å². The van der Waals surface area contributed by atoms with Crippen LogP contribution in [0.3, 0.4) is 0 Å². The van der Waals surface area contributed by atoms with Crippen molar-refractivity contribution in [3.8, 4) is 0 Å². The Hall–Kier alpha value is -2.60. The Morgan fingerprint density at radius 1 is 0.893 bits per heavy atom. The van der Waals surface area contributed by atoms with Crippen LogP contribution in [-0.2, 0) is 10.0 Å². The predicted octanol–water partition coefficient (Wildman–Crippen LogP) is 5.20. The molecule has 0 bridgehead atoms. The molecule has 0 amide bonds. The predicted molar refractivity (Wildman–Crippen MR) is 113 cm³/mol. The van der Waals surface area contributed by atoms with Gasteiger partial charge in [-0.1, -0.05) is 65.7 Å². The second-order valence-corrected chi connectivity index (χ2v) is 8.80. The lowest BCUT2D eigenvalue weighted by atomic mass is 9.99. The zero-order valence-corrected chi connectivity index (χ0v) is 16.8. The molecule has 0 saturated carbocycles. The zero-order valence-electron chi connectivity index (χ0n) is 15.2. The molecule has 0 saturated heterocycles. The molecule has 0 aliphatic heterocycles. The van der Waals surface area contributed by atoms with Crippen LogP contribution < -0.4 is 4.72 Å². The van der Waals surface area contributed by atoms with Gasteiger partial charge in [0.2, 0.25) is 10.0 Å². The van der Waals surface area contributed by atoms with E-state index >= 15 is 0 Å². The Balaban J connectivity index is 1.84. The van der Waals surface area contributed by atoms with Crippen molar-refractivity contribution in [1.82, 2.24) is 9.71 Å². The van der Waals surface area contributed by atoms with Crippen LogP contribution in [0.25, 0.3) is 10.9 Å². The van der Waals surface area contributed by atoms with Gasteiger partial charge in [0.15, 0.2) is 0 Å². The number of para-hydroxylation sites is 1. The standard InChI is InChI=1S/C22H19ClN2O2S/c1-15-10-12-16(13-11-15)28(26,27)25-22(18-7-2-4-8-20(18)23)19-14-24-21-9-5-3-6-17(19)21/h2-14,22,24-25H,1H3/t22-/m1/s1. The number of hydrogen-bond donors (Lipinski definition) is 2. The van der Waals surface area contributed by atoms with E-state index in [4.69, 9.17) is 11.6 Å². The third-order valence-electron chi connectivity index (χ3n) is 4.75. The van der Waals surface area contributed by atoms with E-state index in [9.17, 15) is 8.42 Å². The van der Waals surface area contributed by atoms with E-state index in [-0.39, 0.29) is 4.90 Å². The van der Waals surface area contributed by atoms with Gasteiger partial charge in [-0.3, -0.25) is 0 Å². The van der Waals surface area contributed by atoms with Crippen LogP contribution in [0.4, 0.5) is 0 Å². The van der Waals surface area contributed by atoms with Gasteiger partial charge in [-0.15, -0.1) is 0 Å². The Labute approximate surface area is 169 Å². The molecule has 4 nitrogen and oxygen atoms in total. The first kappa shape index (κ1) is 18.7. The lowest BCUT2D eigenvalue weighted by Gasteiger charge is -2.20. The fraction of sp³-hybridized carbons (Fsp3) is 0.0909. The minimum atomic E-state index is -3.76. The zero-order chi connectivity index (χ0) is 19.7. The molecule has 142 valence electrons. The summed E-state index contributed by atoms with van der Waals surface area (Å²) < 4.78 is 29.1. The van der Waals surface area contributed by atoms with Crippen LogP contribution in [0.5, 0.6) is 0 Å². The van der Waals surface area contributed by atoms with E-state index in [1.54, 1.807) is 30.3 Å². The fourth-order valence-corrected chi connectivity index (χ4v) is 4.72. The molecule has 4 rings (SSSR count). The number of nitrogens with one attached hydrogen (secondary N) is 2. The Kier molecular flexibility index (Phi) is 4.98. The molecule has 0 spiro atoms. The van der Waals surface area contributed by atoms with Gasteiger partial charge in [0.05, 0.1) is 10.9 Å². The summed E-state index contributed by atoms with van der Waals surface area (Å²) >= 11 is 6.44. The van der Waals surface area contributed by atoms with Gasteiger partial charge >= 0.3 is 0 Å². The highest BCUT2D eigenvalue weighted by molar-refractivity contribution is 7.89. The van der Waals surface area contributed by atoms with Crippen LogP contribution in [0, 0.1) is 6.92 Å². The van der Waals surface area contributed by atoms with E-state index in [1.165, 1.54) is 0 Å². The molecule has 2 N–H and O–H groups in total. The number of aromatic nitrogens is 1. The third-order valence-corrected chi connectivity index (χ3v) is 6.54. The van der Waals surface area contributed by atoms with E-state index in [1.807, 2.05) is 55.6 Å². The van der Waals surface area contributed by atoms with Gasteiger partial charge < -0.3 is 4.98 Å². The highest BCUT2D eigenvalue weighted by atomic mass is 35.5. The van der Waals surface area contributed by atoms with Crippen LogP contribution in [0.2, 0.25) is 5.02 Å². The maximum absolute atomic E-state index is 13.1. The molecule has 1 heterocycles. The monoisotopic (exact) mass is 410 g/mol. The molecule has 0 aliphatic carbocycles. The molecule has 1 aromatic heterocycles. The lowest BCUT2D eigenvalue weighted by Crippen LogP contribution is -2.29. The van der Waals surface area contributed by atoms with Crippen LogP contribution >= 0.6 is 11.6 Å². The van der Waals surface area contributed by atoms with Gasteiger partial charge in [0.1, 0.15) is 0 Å². The molecule has 1 atom stereocenters. The average Bonchev–Trinajstić information content (AvgIpc) is 3.11. The molecule has 4 aromatic rings. The van der Waals surface area contributed by atoms with Crippen molar-refractivity contribution >= 4 is 32.5 Å². The van der Waals surface area contributed by atoms with Crippen molar-refractivity contribution in [3.05, 3.63) is 101 Å². The average molecular weight is 411 g/mol. The number of aryl methyl sites for hydroxylation is 1. The molecule has 28 heavy (non-hydrogen) atoms. The van der Waals surface area contributed by atoms with Gasteiger partial charge in [-0.25, -0.2) is 8.42 Å². The summed E-state index contributed by atoms with van der Waals surface area (Å²) in [6.07, 6.45) is 1.83. The van der Waals surface area contributed by atoms with Crippen molar-refractivity contribution < 1.29 is 8.42 Å². The number of halogens is 1. The Morgan fingerprint density at radius 3 is 2.32 bits per heavy atom. The van der Waals surface area contributed by atoms with E-state index < -0.39 is 16.1 Å². The number of sulfonamides is 1. The maximum Gasteiger partial charge on any atom is 0.241 e. The number of rotatable bonds is 5. The number of aromatic amines is 1. The maximum atomic E-state index is 13.1. The Bertz CT molecular complexity index is 1230. The van der Waals surface area contributed by atoms with E-state index in [2.05, 4.69) is 9.71 Å². The highest BCUT2D eigenvalue weighted by Crippen LogP contribution is 2.33. The summed E-state index contributed by atoms with van der Waals surface area (Å²) in [5.74, 6) is 0. The van der Waals surface area contributed by atoms with Crippen molar-refractivity contribution in [3.63, 3.8) is 0 Å². The minimum absolute atomic E-state index is 0.218. The molecule has 0 unspecified atom stereocenters. The highest BCUT2D eigenvalue weighted by Gasteiger charge is 2.26. The SMILES string of the molecule is Cc1ccc(S(=O)(=O)N[C@H](c2ccccc2Cl)c2c[nH]c3ccccc23)cc1. The fourth-order valence-electron chi connectivity index (χ4n) is 3.28. The smallest absolute Gasteiger partial charge is 0.241 e. The van der Waals surface area contributed by atoms with Gasteiger partial charge in [-0.2, -0.15) is 4.72 Å². The number of hydrogen-bond acceptors (Lipinski definition) is 2. The summed E-state index contributed by atoms with van der Waals surface area (Å²) in [6.45, 7) is 1.92. The van der Waals surface area contributed by atoms with Crippen molar-refractivity contribution in [2.45, 2.75) is 17.9 Å². The largest absolute Gasteiger partial charge is 0.361 e. The van der Waals surface area contributed by atoms with Gasteiger partial charge in [-0.05, 0) is 42.3 Å². The third kappa shape index (κ3) is 3.56. The second-order valence-electron chi connectivity index (χ2n) is 6.68. The summed E-state index contributed by atoms with van der Waals surface area (Å²) in [5, 5.41) is 1.45. The number of benzene rings is 3. The normalized spacial score (nSPS) is 12.9. The summed E-state index contributed by atoms with van der Waals surface area (Å²) in [5.41, 5.74) is 3.45. The molecule has 0 aliphatic rings. The first-order chi connectivity index (χ1) is 13.5. The first-order valence-electron chi connectivity index (χ1n) is 8.85. The minimum Gasteiger partial charge on any atom is -0.361 e. The van der Waals surface area contributed by atoms with E-state index in [0.717, 1.165) is 22.0 Å². The molecule has 0 radical (unpaired) electrons. The lowest BCUT2D eigenvalue weighted by molar-refractivity contribution is 0.572. The molecular weight excluding hydrogens is 392 g/mol. The quantitative estimate of drug-likeness (QED) is 0.475. The topological polar surface area (TPSA) is 62.0 Å². The Morgan fingerprint density at radius 2 is 1.57 bits per heavy atom. The summed E-state index contributed by atoms with van der Waals surface area (Å²) in [6, 6.07) is 21.2. The van der Waals surface area contributed by atoms with Crippen molar-refractivity contribution in [2.75, 3.05) is 0 Å². The van der Waals surface area contributed by atoms with Crippen LogP contribution in [0.15, 0.2) is 83.9 Å². The molecule has 3 aromatic carbocycles. The molecule has 6 heteroatoms. The number of fused-ring (bicyclic) bond motifs is 1.